The van der Waals surface area contributed by atoms with Crippen LogP contribution in [0.1, 0.15) is 130 Å². The topological polar surface area (TPSA) is 17.1 Å². The van der Waals surface area contributed by atoms with Crippen molar-refractivity contribution in [3.05, 3.63) is 11.6 Å². The predicted molar refractivity (Wildman–Crippen MR) is 153 cm³/mol. The van der Waals surface area contributed by atoms with Crippen LogP contribution in [-0.2, 0) is 4.79 Å². The molecule has 0 heterocycles. The van der Waals surface area contributed by atoms with E-state index in [0.717, 1.165) is 36.5 Å². The molecule has 0 aromatic heterocycles. The first kappa shape index (κ1) is 27.3. The molecule has 3 heteroatoms. The van der Waals surface area contributed by atoms with Crippen molar-refractivity contribution in [1.82, 2.24) is 0 Å². The van der Waals surface area contributed by atoms with Gasteiger partial charge < -0.3 is 0 Å². The molecule has 0 N–H and O–H groups in total. The van der Waals surface area contributed by atoms with E-state index in [-0.39, 0.29) is 4.83 Å². The van der Waals surface area contributed by atoms with Crippen LogP contribution in [0.2, 0.25) is 0 Å². The van der Waals surface area contributed by atoms with Crippen LogP contribution in [0.5, 0.6) is 0 Å². The minimum Gasteiger partial charge on any atom is -0.286 e. The molecule has 0 saturated heterocycles. The van der Waals surface area contributed by atoms with Crippen molar-refractivity contribution >= 4 is 32.8 Å². The molecule has 1 nitrogen and oxygen atoms in total. The van der Waals surface area contributed by atoms with Crippen molar-refractivity contribution in [3.63, 3.8) is 0 Å². The molecule has 0 aromatic rings. The molecule has 0 aromatic carbocycles. The molecular formula is C31H51BrOS. The summed E-state index contributed by atoms with van der Waals surface area (Å²) in [7, 11) is 0. The quantitative estimate of drug-likeness (QED) is 0.153. The number of fused-ring (bicyclic) bond motifs is 5. The molecule has 3 fully saturated rings. The van der Waals surface area contributed by atoms with E-state index < -0.39 is 0 Å². The maximum absolute atomic E-state index is 12.5. The summed E-state index contributed by atoms with van der Waals surface area (Å²) in [4.78, 5) is 12.6. The van der Waals surface area contributed by atoms with Crippen molar-refractivity contribution in [3.8, 4) is 0 Å². The third-order valence-corrected chi connectivity index (χ3v) is 13.7. The Morgan fingerprint density at radius 3 is 2.56 bits per heavy atom. The van der Waals surface area contributed by atoms with Gasteiger partial charge >= 0.3 is 0 Å². The highest BCUT2D eigenvalue weighted by Gasteiger charge is 2.58. The highest BCUT2D eigenvalue weighted by Crippen LogP contribution is 2.67. The van der Waals surface area contributed by atoms with Gasteiger partial charge in [-0.25, -0.2) is 0 Å². The summed E-state index contributed by atoms with van der Waals surface area (Å²) in [6, 6.07) is 0. The van der Waals surface area contributed by atoms with Gasteiger partial charge in [0.1, 0.15) is 0 Å². The van der Waals surface area contributed by atoms with Crippen LogP contribution < -0.4 is 0 Å². The molecule has 4 rings (SSSR count). The zero-order valence-electron chi connectivity index (χ0n) is 22.5. The highest BCUT2D eigenvalue weighted by molar-refractivity contribution is 9.10. The van der Waals surface area contributed by atoms with Gasteiger partial charge in [-0.15, -0.1) is 0 Å². The van der Waals surface area contributed by atoms with E-state index in [0.29, 0.717) is 21.2 Å². The van der Waals surface area contributed by atoms with Gasteiger partial charge in [-0.3, -0.25) is 4.79 Å². The monoisotopic (exact) mass is 550 g/mol. The maximum Gasteiger partial charge on any atom is 0.202 e. The summed E-state index contributed by atoms with van der Waals surface area (Å²) >= 11 is 5.21. The number of hydrogen-bond donors (Lipinski definition) is 0. The van der Waals surface area contributed by atoms with Crippen LogP contribution in [0.4, 0.5) is 0 Å². The number of halogens is 1. The van der Waals surface area contributed by atoms with Crippen LogP contribution in [0.25, 0.3) is 0 Å². The smallest absolute Gasteiger partial charge is 0.202 e. The fraction of sp³-hybridized carbons (Fsp3) is 0.903. The summed E-state index contributed by atoms with van der Waals surface area (Å²) < 4.78 is 0. The Hall–Kier alpha value is 0.240. The largest absolute Gasteiger partial charge is 0.286 e. The van der Waals surface area contributed by atoms with Gasteiger partial charge in [0.2, 0.25) is 5.12 Å². The van der Waals surface area contributed by atoms with Gasteiger partial charge in [0.25, 0.3) is 0 Å². The lowest BCUT2D eigenvalue weighted by atomic mass is 9.47. The average molecular weight is 552 g/mol. The van der Waals surface area contributed by atoms with Crippen LogP contribution in [0, 0.1) is 34.5 Å². The van der Waals surface area contributed by atoms with Crippen LogP contribution in [-0.4, -0.2) is 15.2 Å². The van der Waals surface area contributed by atoms with Crippen molar-refractivity contribution < 1.29 is 4.79 Å². The number of carbonyl (C=O) groups excluding carboxylic acids is 1. The Balaban J connectivity index is 1.37. The van der Waals surface area contributed by atoms with Gasteiger partial charge in [-0.05, 0) is 98.7 Å². The zero-order chi connectivity index (χ0) is 24.3. The summed E-state index contributed by atoms with van der Waals surface area (Å²) in [6.45, 7) is 9.73. The minimum absolute atomic E-state index is 0.0261. The molecule has 34 heavy (non-hydrogen) atoms. The van der Waals surface area contributed by atoms with E-state index >= 15 is 0 Å². The van der Waals surface area contributed by atoms with E-state index in [4.69, 9.17) is 0 Å². The zero-order valence-corrected chi connectivity index (χ0v) is 25.0. The van der Waals surface area contributed by atoms with E-state index in [2.05, 4.69) is 49.7 Å². The van der Waals surface area contributed by atoms with E-state index in [1.165, 1.54) is 89.9 Å². The second-order valence-electron chi connectivity index (χ2n) is 12.8. The Kier molecular flexibility index (Phi) is 9.42. The number of thioether (sulfide) groups is 1. The average Bonchev–Trinajstić information content (AvgIpc) is 3.17. The molecule has 3 saturated carbocycles. The molecule has 4 aliphatic carbocycles. The van der Waals surface area contributed by atoms with Crippen molar-refractivity contribution in [2.45, 2.75) is 141 Å². The van der Waals surface area contributed by atoms with Crippen molar-refractivity contribution in [2.24, 2.45) is 34.5 Å². The number of alkyl halides is 1. The molecule has 8 atom stereocenters. The minimum atomic E-state index is 0.0261. The lowest BCUT2D eigenvalue weighted by Crippen LogP contribution is -2.50. The Morgan fingerprint density at radius 2 is 1.79 bits per heavy atom. The van der Waals surface area contributed by atoms with Crippen LogP contribution >= 0.6 is 27.7 Å². The second kappa shape index (κ2) is 11.7. The SMILES string of the molecule is CCCCCCCC[C@@H]1CC[C@@H]2[C@@H]3CC=C4C[C@@H](SC(=O)[C@@H](Br)CC)CC[C@]4(C)[C@H]3CC[C@]12C. The van der Waals surface area contributed by atoms with Gasteiger partial charge in [-0.1, -0.05) is 106 Å². The third kappa shape index (κ3) is 5.41. The van der Waals surface area contributed by atoms with E-state index in [9.17, 15) is 4.79 Å². The first-order valence-corrected chi connectivity index (χ1v) is 16.7. The molecule has 0 aliphatic heterocycles. The molecule has 0 amide bonds. The fourth-order valence-electron chi connectivity index (χ4n) is 8.89. The Bertz CT molecular complexity index is 733. The third-order valence-electron chi connectivity index (χ3n) is 11.1. The number of rotatable bonds is 10. The summed E-state index contributed by atoms with van der Waals surface area (Å²) in [5, 5.41) is 0.846. The molecule has 0 unspecified atom stereocenters. The molecular weight excluding hydrogens is 500 g/mol. The first-order valence-electron chi connectivity index (χ1n) is 14.9. The maximum atomic E-state index is 12.5. The van der Waals surface area contributed by atoms with Crippen LogP contribution in [0.3, 0.4) is 0 Å². The van der Waals surface area contributed by atoms with Gasteiger partial charge in [0.15, 0.2) is 0 Å². The molecule has 0 bridgehead atoms. The Morgan fingerprint density at radius 1 is 1.03 bits per heavy atom. The highest BCUT2D eigenvalue weighted by atomic mass is 79.9. The lowest BCUT2D eigenvalue weighted by molar-refractivity contribution is -0.110. The van der Waals surface area contributed by atoms with Gasteiger partial charge in [-0.2, -0.15) is 0 Å². The van der Waals surface area contributed by atoms with Crippen molar-refractivity contribution in [2.75, 3.05) is 0 Å². The number of hydrogen-bond acceptors (Lipinski definition) is 2. The van der Waals surface area contributed by atoms with Gasteiger partial charge in [0, 0.05) is 5.25 Å². The molecule has 0 spiro atoms. The van der Waals surface area contributed by atoms with Gasteiger partial charge in [0.05, 0.1) is 4.83 Å². The second-order valence-corrected chi connectivity index (χ2v) is 15.2. The van der Waals surface area contributed by atoms with E-state index in [1.54, 1.807) is 17.3 Å². The molecule has 0 radical (unpaired) electrons. The molecule has 4 aliphatic rings. The van der Waals surface area contributed by atoms with Crippen molar-refractivity contribution in [1.29, 1.82) is 0 Å². The Labute approximate surface area is 223 Å². The number of allylic oxidation sites excluding steroid dienone is 2. The normalized spacial score (nSPS) is 40.1. The standard InChI is InChI=1S/C31H51BrOS/c1-5-7-8-9-10-11-12-22-14-16-26-25-15-13-23-21-24(34-29(33)28(32)6-2)17-19-31(23,4)27(25)18-20-30(22,26)3/h13,22,24-28H,5-12,14-21H2,1-4H3/t22-,24+,25+,26-,27+,28+,30-,31+/m1/s1. The number of carbonyl (C=O) groups is 1. The lowest BCUT2D eigenvalue weighted by Gasteiger charge is -2.58. The summed E-state index contributed by atoms with van der Waals surface area (Å²) in [5.74, 6) is 3.74. The summed E-state index contributed by atoms with van der Waals surface area (Å²) in [6.07, 6.45) is 24.6. The van der Waals surface area contributed by atoms with Crippen LogP contribution in [0.15, 0.2) is 11.6 Å². The predicted octanol–water partition coefficient (Wildman–Crippen LogP) is 10.1. The number of unbranched alkanes of at least 4 members (excludes halogenated alkanes) is 5. The first-order chi connectivity index (χ1) is 16.3. The summed E-state index contributed by atoms with van der Waals surface area (Å²) in [5.41, 5.74) is 2.73. The fourth-order valence-corrected chi connectivity index (χ4v) is 10.4. The molecule has 194 valence electrons. The van der Waals surface area contributed by atoms with E-state index in [1.807, 2.05) is 0 Å².